The molecular formula is C18H27F3N4. The highest BCUT2D eigenvalue weighted by Crippen LogP contribution is 2.18. The molecule has 1 aliphatic rings. The maximum atomic E-state index is 12.2. The maximum Gasteiger partial charge on any atom is 0.390 e. The van der Waals surface area contributed by atoms with Crippen molar-refractivity contribution >= 4 is 5.96 Å². The molecule has 1 aromatic carbocycles. The number of hydrogen-bond acceptors (Lipinski definition) is 2. The lowest BCUT2D eigenvalue weighted by molar-refractivity contribution is -0.132. The van der Waals surface area contributed by atoms with E-state index in [1.54, 1.807) is 7.05 Å². The first kappa shape index (κ1) is 19.6. The third-order valence-corrected chi connectivity index (χ3v) is 4.26. The van der Waals surface area contributed by atoms with Crippen molar-refractivity contribution in [3.63, 3.8) is 0 Å². The Bertz CT molecular complexity index is 534. The zero-order valence-electron chi connectivity index (χ0n) is 14.7. The van der Waals surface area contributed by atoms with Crippen LogP contribution < -0.4 is 10.6 Å². The fourth-order valence-electron chi connectivity index (χ4n) is 2.87. The summed E-state index contributed by atoms with van der Waals surface area (Å²) in [5, 5.41) is 5.71. The number of aliphatic imine (C=N–C) groups is 1. The van der Waals surface area contributed by atoms with Crippen LogP contribution >= 0.6 is 0 Å². The molecule has 2 N–H and O–H groups in total. The molecule has 0 saturated carbocycles. The molecule has 0 atom stereocenters. The van der Waals surface area contributed by atoms with Gasteiger partial charge in [-0.15, -0.1) is 0 Å². The van der Waals surface area contributed by atoms with Crippen LogP contribution in [0.25, 0.3) is 0 Å². The molecule has 0 unspecified atom stereocenters. The maximum absolute atomic E-state index is 12.2. The van der Waals surface area contributed by atoms with Gasteiger partial charge in [0.1, 0.15) is 0 Å². The van der Waals surface area contributed by atoms with Gasteiger partial charge in [-0.3, -0.25) is 9.89 Å². The zero-order valence-corrected chi connectivity index (χ0v) is 14.7. The number of likely N-dealkylation sites (tertiary alicyclic amines) is 1. The highest BCUT2D eigenvalue weighted by molar-refractivity contribution is 5.79. The predicted octanol–water partition coefficient (Wildman–Crippen LogP) is 3.29. The molecule has 1 aromatic rings. The number of nitrogens with one attached hydrogen (secondary N) is 2. The van der Waals surface area contributed by atoms with Gasteiger partial charge in [-0.2, -0.15) is 13.2 Å². The van der Waals surface area contributed by atoms with Gasteiger partial charge in [-0.25, -0.2) is 0 Å². The van der Waals surface area contributed by atoms with E-state index in [4.69, 9.17) is 0 Å². The summed E-state index contributed by atoms with van der Waals surface area (Å²) in [6, 6.07) is 8.33. The second kappa shape index (κ2) is 9.65. The van der Waals surface area contributed by atoms with Gasteiger partial charge in [-0.05, 0) is 37.1 Å². The molecule has 0 radical (unpaired) electrons. The van der Waals surface area contributed by atoms with Crippen LogP contribution in [0.15, 0.2) is 29.3 Å². The van der Waals surface area contributed by atoms with Gasteiger partial charge < -0.3 is 10.6 Å². The second-order valence-electron chi connectivity index (χ2n) is 6.37. The number of halogens is 3. The number of alkyl halides is 3. The van der Waals surface area contributed by atoms with Crippen molar-refractivity contribution in [2.45, 2.75) is 44.9 Å². The Kier molecular flexibility index (Phi) is 7.55. The van der Waals surface area contributed by atoms with E-state index in [2.05, 4.69) is 44.8 Å². The first-order valence-electron chi connectivity index (χ1n) is 8.78. The summed E-state index contributed by atoms with van der Waals surface area (Å²) in [7, 11) is 1.55. The fourth-order valence-corrected chi connectivity index (χ4v) is 2.87. The van der Waals surface area contributed by atoms with E-state index in [1.165, 1.54) is 37.9 Å². The molecular weight excluding hydrogens is 329 g/mol. The van der Waals surface area contributed by atoms with Gasteiger partial charge in [0, 0.05) is 26.7 Å². The van der Waals surface area contributed by atoms with Crippen LogP contribution in [-0.4, -0.2) is 43.7 Å². The number of nitrogens with zero attached hydrogens (tertiary/aromatic N) is 2. The summed E-state index contributed by atoms with van der Waals surface area (Å²) >= 11 is 0. The number of benzene rings is 1. The molecule has 25 heavy (non-hydrogen) atoms. The lowest BCUT2D eigenvalue weighted by Gasteiger charge is -2.26. The Hall–Kier alpha value is -1.76. The molecule has 0 amide bonds. The molecule has 140 valence electrons. The van der Waals surface area contributed by atoms with Crippen molar-refractivity contribution in [3.05, 3.63) is 35.4 Å². The van der Waals surface area contributed by atoms with E-state index in [-0.39, 0.29) is 6.54 Å². The summed E-state index contributed by atoms with van der Waals surface area (Å²) in [6.07, 6.45) is -1.14. The lowest BCUT2D eigenvalue weighted by Crippen LogP contribution is -2.38. The number of piperidine rings is 1. The lowest BCUT2D eigenvalue weighted by atomic mass is 10.1. The Morgan fingerprint density at radius 1 is 1.04 bits per heavy atom. The van der Waals surface area contributed by atoms with Crippen molar-refractivity contribution in [2.24, 2.45) is 4.99 Å². The topological polar surface area (TPSA) is 39.7 Å². The Morgan fingerprint density at radius 2 is 1.68 bits per heavy atom. The predicted molar refractivity (Wildman–Crippen MR) is 94.4 cm³/mol. The first-order valence-corrected chi connectivity index (χ1v) is 8.78. The minimum absolute atomic E-state index is 0.183. The fraction of sp³-hybridized carbons (Fsp3) is 0.611. The van der Waals surface area contributed by atoms with Gasteiger partial charge in [0.05, 0.1) is 6.42 Å². The van der Waals surface area contributed by atoms with Crippen LogP contribution in [0, 0.1) is 0 Å². The van der Waals surface area contributed by atoms with Crippen LogP contribution in [0.2, 0.25) is 0 Å². The SMILES string of the molecule is CN=C(NCCC(F)(F)F)NCc1ccc(CN2CCCCC2)cc1. The van der Waals surface area contributed by atoms with Crippen molar-refractivity contribution in [2.75, 3.05) is 26.7 Å². The standard InChI is InChI=1S/C18H27F3N4/c1-22-17(23-10-9-18(19,20)21)24-13-15-5-7-16(8-6-15)14-25-11-3-2-4-12-25/h5-8H,2-4,9-14H2,1H3,(H2,22,23,24). The summed E-state index contributed by atoms with van der Waals surface area (Å²) in [4.78, 5) is 6.41. The van der Waals surface area contributed by atoms with Gasteiger partial charge in [0.15, 0.2) is 5.96 Å². The van der Waals surface area contributed by atoms with Crippen LogP contribution in [-0.2, 0) is 13.1 Å². The molecule has 0 aliphatic carbocycles. The molecule has 7 heteroatoms. The Balaban J connectivity index is 1.74. The first-order chi connectivity index (χ1) is 12.0. The van der Waals surface area contributed by atoms with Crippen molar-refractivity contribution < 1.29 is 13.2 Å². The van der Waals surface area contributed by atoms with E-state index >= 15 is 0 Å². The monoisotopic (exact) mass is 356 g/mol. The normalized spacial score (nSPS) is 16.7. The van der Waals surface area contributed by atoms with E-state index < -0.39 is 12.6 Å². The Labute approximate surface area is 147 Å². The number of guanidine groups is 1. The molecule has 0 spiro atoms. The Morgan fingerprint density at radius 3 is 2.28 bits per heavy atom. The summed E-state index contributed by atoms with van der Waals surface area (Å²) in [6.45, 7) is 3.66. The average molecular weight is 356 g/mol. The van der Waals surface area contributed by atoms with Crippen LogP contribution in [0.3, 0.4) is 0 Å². The quantitative estimate of drug-likeness (QED) is 0.607. The molecule has 1 heterocycles. The van der Waals surface area contributed by atoms with Crippen LogP contribution in [0.1, 0.15) is 36.8 Å². The van der Waals surface area contributed by atoms with Gasteiger partial charge in [-0.1, -0.05) is 30.7 Å². The largest absolute Gasteiger partial charge is 0.390 e. The minimum Gasteiger partial charge on any atom is -0.356 e. The van der Waals surface area contributed by atoms with Crippen molar-refractivity contribution in [1.82, 2.24) is 15.5 Å². The molecule has 2 rings (SSSR count). The highest BCUT2D eigenvalue weighted by Gasteiger charge is 2.26. The number of hydrogen-bond donors (Lipinski definition) is 2. The second-order valence-corrected chi connectivity index (χ2v) is 6.37. The summed E-state index contributed by atoms with van der Waals surface area (Å²) in [5.41, 5.74) is 2.36. The minimum atomic E-state index is -4.16. The highest BCUT2D eigenvalue weighted by atomic mass is 19.4. The zero-order chi connectivity index (χ0) is 18.1. The van der Waals surface area contributed by atoms with Gasteiger partial charge in [0.25, 0.3) is 0 Å². The third kappa shape index (κ3) is 7.77. The average Bonchev–Trinajstić information content (AvgIpc) is 2.59. The molecule has 1 fully saturated rings. The molecule has 1 saturated heterocycles. The molecule has 4 nitrogen and oxygen atoms in total. The van der Waals surface area contributed by atoms with E-state index in [9.17, 15) is 13.2 Å². The van der Waals surface area contributed by atoms with Crippen LogP contribution in [0.5, 0.6) is 0 Å². The van der Waals surface area contributed by atoms with Crippen LogP contribution in [0.4, 0.5) is 13.2 Å². The molecule has 0 bridgehead atoms. The van der Waals surface area contributed by atoms with Crippen molar-refractivity contribution in [1.29, 1.82) is 0 Å². The summed E-state index contributed by atoms with van der Waals surface area (Å²) in [5.74, 6) is 0.377. The van der Waals surface area contributed by atoms with E-state index in [0.29, 0.717) is 12.5 Å². The number of rotatable bonds is 6. The third-order valence-electron chi connectivity index (χ3n) is 4.26. The van der Waals surface area contributed by atoms with E-state index in [1.807, 2.05) is 0 Å². The summed E-state index contributed by atoms with van der Waals surface area (Å²) < 4.78 is 36.5. The molecule has 1 aliphatic heterocycles. The van der Waals surface area contributed by atoms with Gasteiger partial charge in [0.2, 0.25) is 0 Å². The van der Waals surface area contributed by atoms with Crippen molar-refractivity contribution in [3.8, 4) is 0 Å². The smallest absolute Gasteiger partial charge is 0.356 e. The van der Waals surface area contributed by atoms with Gasteiger partial charge >= 0.3 is 6.18 Å². The van der Waals surface area contributed by atoms with E-state index in [0.717, 1.165) is 12.1 Å². The molecule has 0 aromatic heterocycles.